The van der Waals surface area contributed by atoms with Gasteiger partial charge in [-0.25, -0.2) is 0 Å². The molecule has 0 unspecified atom stereocenters. The second-order valence-electron chi connectivity index (χ2n) is 6.04. The van der Waals surface area contributed by atoms with Crippen LogP contribution in [0, 0.1) is 0 Å². The van der Waals surface area contributed by atoms with Gasteiger partial charge in [-0.05, 0) is 33.6 Å². The SMILES string of the molecule is CC(C)(C)NC(=O)CN(CC(=O)O)C1CCCC1. The third kappa shape index (κ3) is 5.49. The molecule has 0 spiro atoms. The first-order valence-corrected chi connectivity index (χ1v) is 6.55. The topological polar surface area (TPSA) is 69.6 Å². The molecule has 1 fully saturated rings. The number of hydrogen-bond acceptors (Lipinski definition) is 3. The summed E-state index contributed by atoms with van der Waals surface area (Å²) in [7, 11) is 0. The summed E-state index contributed by atoms with van der Waals surface area (Å²) in [5.74, 6) is -0.971. The van der Waals surface area contributed by atoms with Crippen LogP contribution in [0.15, 0.2) is 0 Å². The maximum atomic E-state index is 11.9. The molecule has 0 aromatic heterocycles. The Hall–Kier alpha value is -1.10. The average molecular weight is 256 g/mol. The maximum Gasteiger partial charge on any atom is 0.317 e. The second kappa shape index (κ2) is 6.18. The maximum absolute atomic E-state index is 11.9. The summed E-state index contributed by atoms with van der Waals surface area (Å²) < 4.78 is 0. The van der Waals surface area contributed by atoms with Gasteiger partial charge in [0.15, 0.2) is 0 Å². The van der Waals surface area contributed by atoms with Crippen molar-refractivity contribution in [2.24, 2.45) is 0 Å². The number of carbonyl (C=O) groups is 2. The zero-order valence-electron chi connectivity index (χ0n) is 11.5. The summed E-state index contributed by atoms with van der Waals surface area (Å²) in [4.78, 5) is 24.5. The Morgan fingerprint density at radius 3 is 2.22 bits per heavy atom. The van der Waals surface area contributed by atoms with Gasteiger partial charge in [-0.3, -0.25) is 14.5 Å². The molecule has 0 aromatic carbocycles. The monoisotopic (exact) mass is 256 g/mol. The van der Waals surface area contributed by atoms with E-state index < -0.39 is 5.97 Å². The van der Waals surface area contributed by atoms with E-state index >= 15 is 0 Å². The molecule has 1 rings (SSSR count). The van der Waals surface area contributed by atoms with Crippen LogP contribution in [0.5, 0.6) is 0 Å². The van der Waals surface area contributed by atoms with Crippen LogP contribution in [-0.4, -0.2) is 46.6 Å². The Morgan fingerprint density at radius 2 is 1.78 bits per heavy atom. The Balaban J connectivity index is 2.54. The molecule has 0 heterocycles. The first-order valence-electron chi connectivity index (χ1n) is 6.55. The molecule has 0 radical (unpaired) electrons. The number of rotatable bonds is 5. The molecule has 0 atom stereocenters. The average Bonchev–Trinajstić information content (AvgIpc) is 2.64. The minimum absolute atomic E-state index is 0.0533. The fourth-order valence-electron chi connectivity index (χ4n) is 2.40. The van der Waals surface area contributed by atoms with E-state index in [1.807, 2.05) is 20.8 Å². The van der Waals surface area contributed by atoms with Crippen molar-refractivity contribution in [1.29, 1.82) is 0 Å². The zero-order chi connectivity index (χ0) is 13.8. The van der Waals surface area contributed by atoms with E-state index in [1.54, 1.807) is 4.90 Å². The molecule has 0 saturated heterocycles. The minimum Gasteiger partial charge on any atom is -0.480 e. The van der Waals surface area contributed by atoms with E-state index in [-0.39, 0.29) is 30.6 Å². The molecular weight excluding hydrogens is 232 g/mol. The van der Waals surface area contributed by atoms with Crippen molar-refractivity contribution in [3.05, 3.63) is 0 Å². The summed E-state index contributed by atoms with van der Waals surface area (Å²) >= 11 is 0. The number of carboxylic acid groups (broad SMARTS) is 1. The van der Waals surface area contributed by atoms with Gasteiger partial charge in [-0.1, -0.05) is 12.8 Å². The van der Waals surface area contributed by atoms with E-state index in [2.05, 4.69) is 5.32 Å². The molecule has 1 saturated carbocycles. The summed E-state index contributed by atoms with van der Waals surface area (Å²) in [6, 6.07) is 0.242. The Kier molecular flexibility index (Phi) is 5.14. The largest absolute Gasteiger partial charge is 0.480 e. The molecule has 1 aliphatic carbocycles. The van der Waals surface area contributed by atoms with Crippen LogP contribution in [-0.2, 0) is 9.59 Å². The van der Waals surface area contributed by atoms with Gasteiger partial charge >= 0.3 is 5.97 Å². The standard InChI is InChI=1S/C13H24N2O3/c1-13(2,3)14-11(16)8-15(9-12(17)18)10-6-4-5-7-10/h10H,4-9H2,1-3H3,(H,14,16)(H,17,18). The first-order chi connectivity index (χ1) is 8.28. The zero-order valence-corrected chi connectivity index (χ0v) is 11.5. The summed E-state index contributed by atoms with van der Waals surface area (Å²) in [5.41, 5.74) is -0.276. The van der Waals surface area contributed by atoms with Crippen molar-refractivity contribution in [3.63, 3.8) is 0 Å². The molecule has 2 N–H and O–H groups in total. The van der Waals surface area contributed by atoms with E-state index in [4.69, 9.17) is 5.11 Å². The van der Waals surface area contributed by atoms with E-state index in [0.717, 1.165) is 25.7 Å². The summed E-state index contributed by atoms with van der Waals surface area (Å²) in [6.45, 7) is 5.88. The number of nitrogens with zero attached hydrogens (tertiary/aromatic N) is 1. The van der Waals surface area contributed by atoms with Gasteiger partial charge in [0, 0.05) is 11.6 Å². The normalized spacial score (nSPS) is 17.1. The van der Waals surface area contributed by atoms with Crippen molar-refractivity contribution >= 4 is 11.9 Å². The minimum atomic E-state index is -0.870. The third-order valence-corrected chi connectivity index (χ3v) is 3.04. The molecule has 18 heavy (non-hydrogen) atoms. The molecule has 0 aliphatic heterocycles. The van der Waals surface area contributed by atoms with Crippen LogP contribution in [0.1, 0.15) is 46.5 Å². The molecule has 5 heteroatoms. The lowest BCUT2D eigenvalue weighted by atomic mass is 10.1. The Labute approximate surface area is 109 Å². The van der Waals surface area contributed by atoms with Crippen molar-refractivity contribution < 1.29 is 14.7 Å². The number of carbonyl (C=O) groups excluding carboxylic acids is 1. The summed E-state index contributed by atoms with van der Waals surface area (Å²) in [6.07, 6.45) is 4.25. The highest BCUT2D eigenvalue weighted by Gasteiger charge is 2.26. The highest BCUT2D eigenvalue weighted by Crippen LogP contribution is 2.23. The van der Waals surface area contributed by atoms with Crippen molar-refractivity contribution in [3.8, 4) is 0 Å². The molecule has 0 aromatic rings. The highest BCUT2D eigenvalue weighted by atomic mass is 16.4. The second-order valence-corrected chi connectivity index (χ2v) is 6.04. The van der Waals surface area contributed by atoms with Gasteiger partial charge in [0.1, 0.15) is 0 Å². The lowest BCUT2D eigenvalue weighted by Gasteiger charge is -2.28. The molecule has 5 nitrogen and oxygen atoms in total. The Bertz CT molecular complexity index is 304. The fourth-order valence-corrected chi connectivity index (χ4v) is 2.40. The molecule has 0 bridgehead atoms. The smallest absolute Gasteiger partial charge is 0.317 e. The number of amides is 1. The van der Waals surface area contributed by atoms with Gasteiger partial charge in [0.05, 0.1) is 13.1 Å². The van der Waals surface area contributed by atoms with Gasteiger partial charge < -0.3 is 10.4 Å². The van der Waals surface area contributed by atoms with Gasteiger partial charge in [-0.2, -0.15) is 0 Å². The van der Waals surface area contributed by atoms with Gasteiger partial charge in [-0.15, -0.1) is 0 Å². The van der Waals surface area contributed by atoms with Gasteiger partial charge in [0.25, 0.3) is 0 Å². The van der Waals surface area contributed by atoms with Crippen molar-refractivity contribution in [1.82, 2.24) is 10.2 Å². The van der Waals surface area contributed by atoms with Gasteiger partial charge in [0.2, 0.25) is 5.91 Å². The Morgan fingerprint density at radius 1 is 1.22 bits per heavy atom. The highest BCUT2D eigenvalue weighted by molar-refractivity contribution is 5.79. The quantitative estimate of drug-likeness (QED) is 0.776. The first kappa shape index (κ1) is 15.0. The number of aliphatic carboxylic acids is 1. The lowest BCUT2D eigenvalue weighted by molar-refractivity contribution is -0.139. The van der Waals surface area contributed by atoms with Crippen LogP contribution in [0.3, 0.4) is 0 Å². The number of hydrogen-bond donors (Lipinski definition) is 2. The predicted octanol–water partition coefficient (Wildman–Crippen LogP) is 1.23. The van der Waals surface area contributed by atoms with Crippen molar-refractivity contribution in [2.75, 3.05) is 13.1 Å². The van der Waals surface area contributed by atoms with Crippen LogP contribution in [0.25, 0.3) is 0 Å². The van der Waals surface area contributed by atoms with Crippen LogP contribution in [0.2, 0.25) is 0 Å². The van der Waals surface area contributed by atoms with Crippen LogP contribution < -0.4 is 5.32 Å². The predicted molar refractivity (Wildman–Crippen MR) is 69.4 cm³/mol. The van der Waals surface area contributed by atoms with E-state index in [0.29, 0.717) is 0 Å². The summed E-state index contributed by atoms with van der Waals surface area (Å²) in [5, 5.41) is 11.8. The molecule has 104 valence electrons. The van der Waals surface area contributed by atoms with E-state index in [9.17, 15) is 9.59 Å². The van der Waals surface area contributed by atoms with Crippen LogP contribution >= 0.6 is 0 Å². The number of nitrogens with one attached hydrogen (secondary N) is 1. The number of carboxylic acids is 1. The molecule has 1 amide bonds. The van der Waals surface area contributed by atoms with E-state index in [1.165, 1.54) is 0 Å². The molecule has 1 aliphatic rings. The van der Waals surface area contributed by atoms with Crippen LogP contribution in [0.4, 0.5) is 0 Å². The lowest BCUT2D eigenvalue weighted by Crippen LogP contribution is -2.49. The molecular formula is C13H24N2O3. The fraction of sp³-hybridized carbons (Fsp3) is 0.846. The third-order valence-electron chi connectivity index (χ3n) is 3.04. The van der Waals surface area contributed by atoms with Crippen molar-refractivity contribution in [2.45, 2.75) is 58.0 Å².